The van der Waals surface area contributed by atoms with E-state index in [2.05, 4.69) is 18.8 Å². The molecule has 0 aliphatic carbocycles. The first-order chi connectivity index (χ1) is 3.31. The lowest BCUT2D eigenvalue weighted by Gasteiger charge is -1.95. The molecule has 39 valence electrons. The van der Waals surface area contributed by atoms with Crippen molar-refractivity contribution in [1.29, 1.82) is 0 Å². The zero-order valence-corrected chi connectivity index (χ0v) is 4.69. The first-order valence-corrected chi connectivity index (χ1v) is 2.11. The summed E-state index contributed by atoms with van der Waals surface area (Å²) in [4.78, 5) is 0. The molecule has 0 rings (SSSR count). The molecule has 1 radical (unpaired) electrons. The largest absolute Gasteiger partial charge is 0.369 e. The third-order valence-electron chi connectivity index (χ3n) is 0.659. The average molecular weight is 97.1 g/mol. The van der Waals surface area contributed by atoms with E-state index in [9.17, 15) is 0 Å². The fraction of sp³-hybridized carbons (Fsp3) is 0.500. The van der Waals surface area contributed by atoms with Gasteiger partial charge in [0.15, 0.2) is 0 Å². The molecule has 1 atom stereocenters. The zero-order chi connectivity index (χ0) is 5.70. The molecule has 7 heavy (non-hydrogen) atoms. The SMILES string of the molecule is [CH2]C#CC(C)OC. The van der Waals surface area contributed by atoms with Gasteiger partial charge in [-0.3, -0.25) is 0 Å². The number of methoxy groups -OCH3 is 1. The van der Waals surface area contributed by atoms with Crippen LogP contribution in [0.1, 0.15) is 6.92 Å². The minimum absolute atomic E-state index is 0.0255. The van der Waals surface area contributed by atoms with Crippen LogP contribution >= 0.6 is 0 Å². The summed E-state index contributed by atoms with van der Waals surface area (Å²) in [5, 5.41) is 0. The molecule has 0 aliphatic rings. The first kappa shape index (κ1) is 6.52. The van der Waals surface area contributed by atoms with Crippen molar-refractivity contribution < 1.29 is 4.74 Å². The van der Waals surface area contributed by atoms with Gasteiger partial charge in [-0.2, -0.15) is 0 Å². The predicted octanol–water partition coefficient (Wildman–Crippen LogP) is 0.859. The Labute approximate surface area is 44.7 Å². The monoisotopic (exact) mass is 97.1 g/mol. The molecule has 0 fully saturated rings. The van der Waals surface area contributed by atoms with Gasteiger partial charge in [0.2, 0.25) is 0 Å². The lowest BCUT2D eigenvalue weighted by molar-refractivity contribution is 0.163. The van der Waals surface area contributed by atoms with E-state index in [1.807, 2.05) is 6.92 Å². The molecule has 0 aliphatic heterocycles. The van der Waals surface area contributed by atoms with Crippen molar-refractivity contribution in [1.82, 2.24) is 0 Å². The molecule has 0 spiro atoms. The van der Waals surface area contributed by atoms with Gasteiger partial charge in [-0.15, -0.1) is 0 Å². The van der Waals surface area contributed by atoms with E-state index in [-0.39, 0.29) is 6.10 Å². The highest BCUT2D eigenvalue weighted by Gasteiger charge is 1.85. The van der Waals surface area contributed by atoms with Crippen molar-refractivity contribution >= 4 is 0 Å². The lowest BCUT2D eigenvalue weighted by Crippen LogP contribution is -1.98. The van der Waals surface area contributed by atoms with E-state index in [4.69, 9.17) is 4.74 Å². The Balaban J connectivity index is 3.29. The molecule has 1 unspecified atom stereocenters. The van der Waals surface area contributed by atoms with E-state index in [1.165, 1.54) is 0 Å². The molecule has 0 aromatic rings. The Kier molecular flexibility index (Phi) is 3.45. The minimum atomic E-state index is 0.0255. The highest BCUT2D eigenvalue weighted by molar-refractivity contribution is 5.05. The number of rotatable bonds is 1. The van der Waals surface area contributed by atoms with E-state index in [0.717, 1.165) is 0 Å². The van der Waals surface area contributed by atoms with Gasteiger partial charge in [0, 0.05) is 14.0 Å². The maximum atomic E-state index is 4.78. The summed E-state index contributed by atoms with van der Waals surface area (Å²) in [7, 11) is 1.62. The average Bonchev–Trinajstić information content (AvgIpc) is 1.68. The normalized spacial score (nSPS) is 11.9. The van der Waals surface area contributed by atoms with E-state index < -0.39 is 0 Å². The predicted molar refractivity (Wildman–Crippen MR) is 29.6 cm³/mol. The Hall–Kier alpha value is -0.480. The molecular formula is C6H9O. The van der Waals surface area contributed by atoms with Gasteiger partial charge in [-0.05, 0) is 6.92 Å². The summed E-state index contributed by atoms with van der Waals surface area (Å²) >= 11 is 0. The Morgan fingerprint density at radius 2 is 2.29 bits per heavy atom. The molecule has 0 bridgehead atoms. The quantitative estimate of drug-likeness (QED) is 0.441. The summed E-state index contributed by atoms with van der Waals surface area (Å²) in [6.45, 7) is 5.21. The van der Waals surface area contributed by atoms with Crippen LogP contribution in [0.5, 0.6) is 0 Å². The van der Waals surface area contributed by atoms with Gasteiger partial charge in [-0.1, -0.05) is 11.8 Å². The van der Waals surface area contributed by atoms with Gasteiger partial charge in [0.05, 0.1) is 0 Å². The van der Waals surface area contributed by atoms with Crippen molar-refractivity contribution in [3.8, 4) is 11.8 Å². The highest BCUT2D eigenvalue weighted by atomic mass is 16.5. The van der Waals surface area contributed by atoms with Gasteiger partial charge in [-0.25, -0.2) is 0 Å². The van der Waals surface area contributed by atoms with E-state index in [1.54, 1.807) is 7.11 Å². The Bertz CT molecular complexity index is 86.1. The molecule has 0 amide bonds. The Morgan fingerprint density at radius 1 is 1.71 bits per heavy atom. The van der Waals surface area contributed by atoms with Crippen molar-refractivity contribution in [2.24, 2.45) is 0 Å². The van der Waals surface area contributed by atoms with Crippen LogP contribution in [-0.4, -0.2) is 13.2 Å². The third kappa shape index (κ3) is 3.35. The van der Waals surface area contributed by atoms with Crippen LogP contribution < -0.4 is 0 Å². The van der Waals surface area contributed by atoms with Crippen LogP contribution in [0.4, 0.5) is 0 Å². The second-order valence-corrected chi connectivity index (χ2v) is 1.20. The van der Waals surface area contributed by atoms with Crippen molar-refractivity contribution in [2.75, 3.05) is 7.11 Å². The standard InChI is InChI=1S/C6H9O/c1-4-5-6(2)7-3/h6H,1H2,2-3H3. The summed E-state index contributed by atoms with van der Waals surface area (Å²) < 4.78 is 4.78. The van der Waals surface area contributed by atoms with Gasteiger partial charge in [0.1, 0.15) is 6.10 Å². The minimum Gasteiger partial charge on any atom is -0.369 e. The van der Waals surface area contributed by atoms with Gasteiger partial charge in [0.25, 0.3) is 0 Å². The van der Waals surface area contributed by atoms with Crippen LogP contribution in [0, 0.1) is 18.8 Å². The molecular weight excluding hydrogens is 88.1 g/mol. The zero-order valence-electron chi connectivity index (χ0n) is 4.69. The summed E-state index contributed by atoms with van der Waals surface area (Å²) in [5.41, 5.74) is 0. The topological polar surface area (TPSA) is 9.23 Å². The van der Waals surface area contributed by atoms with E-state index >= 15 is 0 Å². The summed E-state index contributed by atoms with van der Waals surface area (Å²) in [6, 6.07) is 0. The maximum absolute atomic E-state index is 4.78. The van der Waals surface area contributed by atoms with Crippen LogP contribution in [0.2, 0.25) is 0 Å². The molecule has 0 saturated carbocycles. The van der Waals surface area contributed by atoms with Crippen molar-refractivity contribution in [3.05, 3.63) is 6.92 Å². The third-order valence-corrected chi connectivity index (χ3v) is 0.659. The molecule has 0 aromatic heterocycles. The molecule has 0 saturated heterocycles. The van der Waals surface area contributed by atoms with Gasteiger partial charge >= 0.3 is 0 Å². The summed E-state index contributed by atoms with van der Waals surface area (Å²) in [5.74, 6) is 5.21. The molecule has 0 heterocycles. The van der Waals surface area contributed by atoms with Crippen molar-refractivity contribution in [3.63, 3.8) is 0 Å². The van der Waals surface area contributed by atoms with Crippen LogP contribution in [0.25, 0.3) is 0 Å². The van der Waals surface area contributed by atoms with Crippen LogP contribution in [0.15, 0.2) is 0 Å². The first-order valence-electron chi connectivity index (χ1n) is 2.11. The molecule has 0 aromatic carbocycles. The lowest BCUT2D eigenvalue weighted by atomic mass is 10.4. The second kappa shape index (κ2) is 3.70. The number of hydrogen-bond acceptors (Lipinski definition) is 1. The van der Waals surface area contributed by atoms with Crippen LogP contribution in [-0.2, 0) is 4.74 Å². The van der Waals surface area contributed by atoms with E-state index in [0.29, 0.717) is 0 Å². The van der Waals surface area contributed by atoms with Gasteiger partial charge < -0.3 is 4.74 Å². The fourth-order valence-electron chi connectivity index (χ4n) is 0.203. The fourth-order valence-corrected chi connectivity index (χ4v) is 0.203. The molecule has 0 N–H and O–H groups in total. The Morgan fingerprint density at radius 3 is 2.43 bits per heavy atom. The maximum Gasteiger partial charge on any atom is 0.115 e. The second-order valence-electron chi connectivity index (χ2n) is 1.20. The van der Waals surface area contributed by atoms with Crippen LogP contribution in [0.3, 0.4) is 0 Å². The molecule has 1 nitrogen and oxygen atoms in total. The summed E-state index contributed by atoms with van der Waals surface area (Å²) in [6.07, 6.45) is 0.0255. The number of ether oxygens (including phenoxy) is 1. The highest BCUT2D eigenvalue weighted by Crippen LogP contribution is 1.80. The van der Waals surface area contributed by atoms with Crippen molar-refractivity contribution in [2.45, 2.75) is 13.0 Å². The molecule has 1 heteroatoms. The smallest absolute Gasteiger partial charge is 0.115 e. The number of hydrogen-bond donors (Lipinski definition) is 0.